The third-order valence-corrected chi connectivity index (χ3v) is 6.43. The molecule has 2 aromatic heterocycles. The van der Waals surface area contributed by atoms with Crippen molar-refractivity contribution in [2.75, 3.05) is 11.9 Å². The standard InChI is InChI=1S/C26H31N5O2/c1-17(2)23-14-20(15-24-30-31-25(33-24)19-9-11-27-12-10-19)18(3)13-21(23)16-28-26(32)29-22-7-5-4-6-8-22/h4-13,17,20-21,23H,14-16H2,1-3H3,(H2,28,29,32)/t20-,21-,23-/m0/s1. The summed E-state index contributed by atoms with van der Waals surface area (Å²) in [4.78, 5) is 16.4. The molecule has 0 spiro atoms. The number of hydrogen-bond donors (Lipinski definition) is 2. The van der Waals surface area contributed by atoms with Crippen molar-refractivity contribution in [3.8, 4) is 11.5 Å². The van der Waals surface area contributed by atoms with Crippen molar-refractivity contribution >= 4 is 11.7 Å². The smallest absolute Gasteiger partial charge is 0.319 e. The van der Waals surface area contributed by atoms with Crippen LogP contribution in [-0.2, 0) is 6.42 Å². The van der Waals surface area contributed by atoms with E-state index >= 15 is 0 Å². The topological polar surface area (TPSA) is 92.9 Å². The van der Waals surface area contributed by atoms with Crippen LogP contribution in [0.1, 0.15) is 33.1 Å². The Balaban J connectivity index is 1.39. The van der Waals surface area contributed by atoms with Crippen molar-refractivity contribution in [3.63, 3.8) is 0 Å². The third-order valence-electron chi connectivity index (χ3n) is 6.43. The minimum absolute atomic E-state index is 0.175. The molecule has 0 saturated heterocycles. The van der Waals surface area contributed by atoms with Crippen molar-refractivity contribution < 1.29 is 9.21 Å². The second-order valence-corrected chi connectivity index (χ2v) is 9.06. The summed E-state index contributed by atoms with van der Waals surface area (Å²) in [7, 11) is 0. The fourth-order valence-electron chi connectivity index (χ4n) is 4.57. The van der Waals surface area contributed by atoms with E-state index in [4.69, 9.17) is 4.42 Å². The molecule has 2 amide bonds. The van der Waals surface area contributed by atoms with Crippen molar-refractivity contribution in [2.24, 2.45) is 23.7 Å². The quantitative estimate of drug-likeness (QED) is 0.478. The number of para-hydroxylation sites is 1. The number of rotatable bonds is 7. The number of amides is 2. The van der Waals surface area contributed by atoms with Gasteiger partial charge in [0.15, 0.2) is 0 Å². The summed E-state index contributed by atoms with van der Waals surface area (Å²) in [6.07, 6.45) is 7.50. The highest BCUT2D eigenvalue weighted by atomic mass is 16.4. The van der Waals surface area contributed by atoms with Gasteiger partial charge in [-0.2, -0.15) is 0 Å². The van der Waals surface area contributed by atoms with E-state index in [1.807, 2.05) is 42.5 Å². The number of hydrogen-bond acceptors (Lipinski definition) is 5. The fraction of sp³-hybridized carbons (Fsp3) is 0.385. The maximum Gasteiger partial charge on any atom is 0.319 e. The minimum atomic E-state index is -0.175. The summed E-state index contributed by atoms with van der Waals surface area (Å²) >= 11 is 0. The van der Waals surface area contributed by atoms with E-state index in [1.165, 1.54) is 5.57 Å². The molecule has 0 aliphatic heterocycles. The summed E-state index contributed by atoms with van der Waals surface area (Å²) in [6.45, 7) is 7.28. The first-order valence-electron chi connectivity index (χ1n) is 11.5. The molecule has 2 heterocycles. The van der Waals surface area contributed by atoms with E-state index in [2.05, 4.69) is 52.7 Å². The zero-order chi connectivity index (χ0) is 23.2. The first-order chi connectivity index (χ1) is 16.0. The van der Waals surface area contributed by atoms with Crippen molar-refractivity contribution in [2.45, 2.75) is 33.6 Å². The molecule has 7 heteroatoms. The van der Waals surface area contributed by atoms with Crippen LogP contribution in [0.5, 0.6) is 0 Å². The van der Waals surface area contributed by atoms with Crippen molar-refractivity contribution in [1.29, 1.82) is 0 Å². The lowest BCUT2D eigenvalue weighted by Gasteiger charge is -2.37. The van der Waals surface area contributed by atoms with Crippen LogP contribution in [-0.4, -0.2) is 27.8 Å². The normalized spacial score (nSPS) is 20.4. The number of benzene rings is 1. The minimum Gasteiger partial charge on any atom is -0.421 e. The molecule has 2 N–H and O–H groups in total. The molecule has 4 rings (SSSR count). The Kier molecular flexibility index (Phi) is 7.17. The van der Waals surface area contributed by atoms with Crippen LogP contribution in [0.15, 0.2) is 70.9 Å². The van der Waals surface area contributed by atoms with E-state index in [1.54, 1.807) is 12.4 Å². The number of nitrogens with one attached hydrogen (secondary N) is 2. The molecule has 7 nitrogen and oxygen atoms in total. The number of carbonyl (C=O) groups is 1. The zero-order valence-corrected chi connectivity index (χ0v) is 19.4. The average Bonchev–Trinajstić information content (AvgIpc) is 3.29. The van der Waals surface area contributed by atoms with Gasteiger partial charge in [-0.15, -0.1) is 10.2 Å². The summed E-state index contributed by atoms with van der Waals surface area (Å²) in [5.41, 5.74) is 2.97. The van der Waals surface area contributed by atoms with E-state index in [0.29, 0.717) is 36.1 Å². The van der Waals surface area contributed by atoms with E-state index in [-0.39, 0.29) is 11.9 Å². The van der Waals surface area contributed by atoms with Gasteiger partial charge in [-0.1, -0.05) is 43.7 Å². The van der Waals surface area contributed by atoms with Gasteiger partial charge in [0.05, 0.1) is 0 Å². The van der Waals surface area contributed by atoms with Crippen LogP contribution >= 0.6 is 0 Å². The van der Waals surface area contributed by atoms with Gasteiger partial charge < -0.3 is 15.1 Å². The molecule has 0 bridgehead atoms. The molecule has 3 atom stereocenters. The monoisotopic (exact) mass is 445 g/mol. The highest BCUT2D eigenvalue weighted by molar-refractivity contribution is 5.89. The number of urea groups is 1. The van der Waals surface area contributed by atoms with Gasteiger partial charge in [0.2, 0.25) is 11.8 Å². The van der Waals surface area contributed by atoms with Gasteiger partial charge in [-0.05, 0) is 61.3 Å². The molecular formula is C26H31N5O2. The molecule has 0 radical (unpaired) electrons. The lowest BCUT2D eigenvalue weighted by Crippen LogP contribution is -2.38. The number of carbonyl (C=O) groups excluding carboxylic acids is 1. The SMILES string of the molecule is CC1=C[C@@H](CNC(=O)Nc2ccccc2)[C@H](C(C)C)C[C@H]1Cc1nnc(-c2ccncc2)o1. The second-order valence-electron chi connectivity index (χ2n) is 9.06. The first-order valence-corrected chi connectivity index (χ1v) is 11.5. The highest BCUT2D eigenvalue weighted by Gasteiger charge is 2.32. The van der Waals surface area contributed by atoms with Crippen molar-refractivity contribution in [1.82, 2.24) is 20.5 Å². The summed E-state index contributed by atoms with van der Waals surface area (Å²) in [6, 6.07) is 13.0. The van der Waals surface area contributed by atoms with Crippen LogP contribution < -0.4 is 10.6 Å². The summed E-state index contributed by atoms with van der Waals surface area (Å²) in [5.74, 6) is 2.77. The Morgan fingerprint density at radius 3 is 2.61 bits per heavy atom. The van der Waals surface area contributed by atoms with Gasteiger partial charge in [-0.25, -0.2) is 4.79 Å². The number of nitrogens with zero attached hydrogens (tertiary/aromatic N) is 3. The highest BCUT2D eigenvalue weighted by Crippen LogP contribution is 2.38. The fourth-order valence-corrected chi connectivity index (χ4v) is 4.57. The van der Waals surface area contributed by atoms with Gasteiger partial charge in [0, 0.05) is 36.6 Å². The molecular weight excluding hydrogens is 414 g/mol. The Labute approximate surface area is 194 Å². The molecule has 0 fully saturated rings. The Hall–Kier alpha value is -3.48. The summed E-state index contributed by atoms with van der Waals surface area (Å²) < 4.78 is 5.94. The maximum absolute atomic E-state index is 12.4. The van der Waals surface area contributed by atoms with E-state index in [0.717, 1.165) is 24.1 Å². The molecule has 3 aromatic rings. The first kappa shape index (κ1) is 22.7. The van der Waals surface area contributed by atoms with E-state index in [9.17, 15) is 4.79 Å². The second kappa shape index (κ2) is 10.4. The van der Waals surface area contributed by atoms with Gasteiger partial charge in [0.1, 0.15) is 0 Å². The predicted octanol–water partition coefficient (Wildman–Crippen LogP) is 5.35. The number of anilines is 1. The van der Waals surface area contributed by atoms with Gasteiger partial charge in [0.25, 0.3) is 0 Å². The Morgan fingerprint density at radius 1 is 1.12 bits per heavy atom. The number of pyridine rings is 1. The zero-order valence-electron chi connectivity index (χ0n) is 19.4. The van der Waals surface area contributed by atoms with Crippen LogP contribution in [0.3, 0.4) is 0 Å². The average molecular weight is 446 g/mol. The maximum atomic E-state index is 12.4. The number of allylic oxidation sites excluding steroid dienone is 1. The van der Waals surface area contributed by atoms with E-state index < -0.39 is 0 Å². The predicted molar refractivity (Wildman–Crippen MR) is 128 cm³/mol. The molecule has 1 aromatic carbocycles. The van der Waals surface area contributed by atoms with Gasteiger partial charge >= 0.3 is 6.03 Å². The van der Waals surface area contributed by atoms with Gasteiger partial charge in [-0.3, -0.25) is 4.98 Å². The largest absolute Gasteiger partial charge is 0.421 e. The van der Waals surface area contributed by atoms with Crippen LogP contribution in [0.2, 0.25) is 0 Å². The van der Waals surface area contributed by atoms with Crippen molar-refractivity contribution in [3.05, 3.63) is 72.4 Å². The van der Waals surface area contributed by atoms with Crippen LogP contribution in [0.25, 0.3) is 11.5 Å². The Bertz CT molecular complexity index is 1080. The molecule has 1 aliphatic carbocycles. The molecule has 0 saturated carbocycles. The summed E-state index contributed by atoms with van der Waals surface area (Å²) in [5, 5.41) is 14.4. The third kappa shape index (κ3) is 5.86. The molecule has 1 aliphatic rings. The Morgan fingerprint density at radius 2 is 1.88 bits per heavy atom. The molecule has 0 unspecified atom stereocenters. The lowest BCUT2D eigenvalue weighted by atomic mass is 9.70. The lowest BCUT2D eigenvalue weighted by molar-refractivity contribution is 0.215. The van der Waals surface area contributed by atoms with Crippen LogP contribution in [0, 0.1) is 23.7 Å². The van der Waals surface area contributed by atoms with Crippen LogP contribution in [0.4, 0.5) is 10.5 Å². The molecule has 33 heavy (non-hydrogen) atoms. The number of aromatic nitrogens is 3. The molecule has 172 valence electrons.